The van der Waals surface area contributed by atoms with Crippen molar-refractivity contribution in [2.45, 2.75) is 37.9 Å². The maximum absolute atomic E-state index is 11.5. The fourth-order valence-corrected chi connectivity index (χ4v) is 3.53. The molecule has 1 saturated heterocycles. The highest BCUT2D eigenvalue weighted by molar-refractivity contribution is 7.92. The van der Waals surface area contributed by atoms with Crippen molar-refractivity contribution in [2.75, 3.05) is 18.8 Å². The van der Waals surface area contributed by atoms with Gasteiger partial charge in [-0.25, -0.2) is 8.42 Å². The molecule has 0 radical (unpaired) electrons. The van der Waals surface area contributed by atoms with Crippen LogP contribution in [0.25, 0.3) is 0 Å². The number of nitrogens with one attached hydrogen (secondary N) is 1. The zero-order valence-electron chi connectivity index (χ0n) is 8.25. The van der Waals surface area contributed by atoms with Gasteiger partial charge in [0.1, 0.15) is 0 Å². The summed E-state index contributed by atoms with van der Waals surface area (Å²) in [7, 11) is -2.77. The second kappa shape index (κ2) is 4.96. The first-order valence-corrected chi connectivity index (χ1v) is 6.80. The van der Waals surface area contributed by atoms with Crippen LogP contribution in [0.4, 0.5) is 0 Å². The maximum Gasteiger partial charge on any atom is 0.154 e. The molecule has 0 spiro atoms. The van der Waals surface area contributed by atoms with Gasteiger partial charge >= 0.3 is 0 Å². The SMILES string of the molecule is CCCNCC1CCCCS1(=O)=O. The van der Waals surface area contributed by atoms with Crippen molar-refractivity contribution in [3.05, 3.63) is 0 Å². The van der Waals surface area contributed by atoms with Crippen molar-refractivity contribution < 1.29 is 8.42 Å². The smallest absolute Gasteiger partial charge is 0.154 e. The Labute approximate surface area is 80.8 Å². The van der Waals surface area contributed by atoms with Crippen LogP contribution in [0, 0.1) is 0 Å². The van der Waals surface area contributed by atoms with E-state index >= 15 is 0 Å². The Morgan fingerprint density at radius 3 is 2.77 bits per heavy atom. The van der Waals surface area contributed by atoms with Crippen LogP contribution in [0.5, 0.6) is 0 Å². The zero-order chi connectivity index (χ0) is 9.73. The third-order valence-corrected chi connectivity index (χ3v) is 4.79. The molecule has 1 N–H and O–H groups in total. The molecule has 1 atom stereocenters. The first-order chi connectivity index (χ1) is 6.17. The van der Waals surface area contributed by atoms with Crippen LogP contribution in [0.15, 0.2) is 0 Å². The molecule has 4 heteroatoms. The molecule has 1 aliphatic heterocycles. The lowest BCUT2D eigenvalue weighted by Gasteiger charge is -2.22. The summed E-state index contributed by atoms with van der Waals surface area (Å²) in [4.78, 5) is 0. The van der Waals surface area contributed by atoms with Crippen LogP contribution in [-0.2, 0) is 9.84 Å². The van der Waals surface area contributed by atoms with Crippen molar-refractivity contribution in [3.8, 4) is 0 Å². The van der Waals surface area contributed by atoms with Crippen LogP contribution >= 0.6 is 0 Å². The molecule has 0 aromatic heterocycles. The van der Waals surface area contributed by atoms with Gasteiger partial charge in [-0.2, -0.15) is 0 Å². The number of hydrogen-bond donors (Lipinski definition) is 1. The normalized spacial score (nSPS) is 27.3. The molecule has 0 aromatic rings. The van der Waals surface area contributed by atoms with Gasteiger partial charge in [0.25, 0.3) is 0 Å². The van der Waals surface area contributed by atoms with Crippen LogP contribution in [-0.4, -0.2) is 32.5 Å². The predicted octanol–water partition coefficient (Wildman–Crippen LogP) is 0.953. The average Bonchev–Trinajstić information content (AvgIpc) is 2.08. The fraction of sp³-hybridized carbons (Fsp3) is 1.00. The fourth-order valence-electron chi connectivity index (χ4n) is 1.69. The van der Waals surface area contributed by atoms with Crippen molar-refractivity contribution in [3.63, 3.8) is 0 Å². The van der Waals surface area contributed by atoms with Gasteiger partial charge in [0.15, 0.2) is 9.84 Å². The predicted molar refractivity (Wildman–Crippen MR) is 54.6 cm³/mol. The third-order valence-electron chi connectivity index (χ3n) is 2.51. The molecular weight excluding hydrogens is 186 g/mol. The van der Waals surface area contributed by atoms with E-state index in [0.717, 1.165) is 32.2 Å². The lowest BCUT2D eigenvalue weighted by molar-refractivity contribution is 0.520. The number of sulfone groups is 1. The molecule has 0 amide bonds. The van der Waals surface area contributed by atoms with E-state index in [1.54, 1.807) is 0 Å². The second-order valence-electron chi connectivity index (χ2n) is 3.69. The van der Waals surface area contributed by atoms with Crippen molar-refractivity contribution in [1.82, 2.24) is 5.32 Å². The van der Waals surface area contributed by atoms with Gasteiger partial charge in [-0.1, -0.05) is 13.3 Å². The molecule has 13 heavy (non-hydrogen) atoms. The summed E-state index contributed by atoms with van der Waals surface area (Å²) in [6.07, 6.45) is 3.83. The molecule has 0 saturated carbocycles. The summed E-state index contributed by atoms with van der Waals surface area (Å²) >= 11 is 0. The Kier molecular flexibility index (Phi) is 4.19. The highest BCUT2D eigenvalue weighted by atomic mass is 32.2. The minimum Gasteiger partial charge on any atom is -0.315 e. The summed E-state index contributed by atoms with van der Waals surface area (Å²) in [6, 6.07) is 0. The number of hydrogen-bond acceptors (Lipinski definition) is 3. The van der Waals surface area contributed by atoms with E-state index in [9.17, 15) is 8.42 Å². The van der Waals surface area contributed by atoms with Crippen LogP contribution < -0.4 is 5.32 Å². The molecule has 0 aliphatic carbocycles. The summed E-state index contributed by atoms with van der Waals surface area (Å²) < 4.78 is 23.1. The molecule has 1 unspecified atom stereocenters. The Morgan fingerprint density at radius 1 is 1.38 bits per heavy atom. The largest absolute Gasteiger partial charge is 0.315 e. The highest BCUT2D eigenvalue weighted by Crippen LogP contribution is 2.18. The van der Waals surface area contributed by atoms with Gasteiger partial charge in [0.2, 0.25) is 0 Å². The molecule has 1 fully saturated rings. The van der Waals surface area contributed by atoms with Gasteiger partial charge in [-0.15, -0.1) is 0 Å². The molecule has 1 aliphatic rings. The van der Waals surface area contributed by atoms with E-state index < -0.39 is 9.84 Å². The maximum atomic E-state index is 11.5. The summed E-state index contributed by atoms with van der Waals surface area (Å²) in [5.74, 6) is 0.394. The van der Waals surface area contributed by atoms with E-state index in [1.807, 2.05) is 0 Å². The van der Waals surface area contributed by atoms with Gasteiger partial charge in [-0.3, -0.25) is 0 Å². The van der Waals surface area contributed by atoms with E-state index in [4.69, 9.17) is 0 Å². The molecular formula is C9H19NO2S. The summed E-state index contributed by atoms with van der Waals surface area (Å²) in [5, 5.41) is 3.06. The van der Waals surface area contributed by atoms with E-state index in [1.165, 1.54) is 0 Å². The molecule has 1 heterocycles. The lowest BCUT2D eigenvalue weighted by atomic mass is 10.2. The van der Waals surface area contributed by atoms with Crippen LogP contribution in [0.1, 0.15) is 32.6 Å². The van der Waals surface area contributed by atoms with Crippen molar-refractivity contribution in [2.24, 2.45) is 0 Å². The Hall–Kier alpha value is -0.0900. The van der Waals surface area contributed by atoms with E-state index in [-0.39, 0.29) is 5.25 Å². The first kappa shape index (κ1) is 11.0. The Balaban J connectivity index is 2.38. The third kappa shape index (κ3) is 3.27. The van der Waals surface area contributed by atoms with Gasteiger partial charge in [0.05, 0.1) is 11.0 Å². The molecule has 1 rings (SSSR count). The van der Waals surface area contributed by atoms with Crippen LogP contribution in [0.2, 0.25) is 0 Å². The standard InChI is InChI=1S/C9H19NO2S/c1-2-6-10-8-9-5-3-4-7-13(9,11)12/h9-10H,2-8H2,1H3. The van der Waals surface area contributed by atoms with E-state index in [0.29, 0.717) is 12.3 Å². The topological polar surface area (TPSA) is 46.2 Å². The van der Waals surface area contributed by atoms with E-state index in [2.05, 4.69) is 12.2 Å². The summed E-state index contributed by atoms with van der Waals surface area (Å²) in [5.41, 5.74) is 0. The highest BCUT2D eigenvalue weighted by Gasteiger charge is 2.27. The number of rotatable bonds is 4. The van der Waals surface area contributed by atoms with Crippen molar-refractivity contribution >= 4 is 9.84 Å². The Bertz CT molecular complexity index is 236. The first-order valence-electron chi connectivity index (χ1n) is 5.09. The molecule has 0 bridgehead atoms. The van der Waals surface area contributed by atoms with Gasteiger partial charge in [0, 0.05) is 6.54 Å². The molecule has 0 aromatic carbocycles. The minimum absolute atomic E-state index is 0.118. The average molecular weight is 205 g/mol. The zero-order valence-corrected chi connectivity index (χ0v) is 9.07. The second-order valence-corrected chi connectivity index (χ2v) is 6.09. The van der Waals surface area contributed by atoms with Gasteiger partial charge in [-0.05, 0) is 25.8 Å². The molecule has 3 nitrogen and oxygen atoms in total. The quantitative estimate of drug-likeness (QED) is 0.695. The van der Waals surface area contributed by atoms with Crippen LogP contribution in [0.3, 0.4) is 0 Å². The monoisotopic (exact) mass is 205 g/mol. The molecule has 78 valence electrons. The summed E-state index contributed by atoms with van der Waals surface area (Å²) in [6.45, 7) is 3.66. The van der Waals surface area contributed by atoms with Crippen molar-refractivity contribution in [1.29, 1.82) is 0 Å². The Morgan fingerprint density at radius 2 is 2.15 bits per heavy atom. The minimum atomic E-state index is -2.77. The lowest BCUT2D eigenvalue weighted by Crippen LogP contribution is -2.37. The van der Waals surface area contributed by atoms with Gasteiger partial charge < -0.3 is 5.32 Å².